The average Bonchev–Trinajstić information content (AvgIpc) is 3.12. The molecular formula is C14H16BrClO3S. The van der Waals surface area contributed by atoms with Gasteiger partial charge in [0.05, 0.1) is 19.3 Å². The number of benzene rings is 1. The third-order valence-corrected chi connectivity index (χ3v) is 5.92. The van der Waals surface area contributed by atoms with Crippen molar-refractivity contribution >= 4 is 44.3 Å². The molecule has 0 bridgehead atoms. The molecule has 0 aliphatic heterocycles. The smallest absolute Gasteiger partial charge is 0.306 e. The molecular weight excluding hydrogens is 364 g/mol. The van der Waals surface area contributed by atoms with Gasteiger partial charge < -0.3 is 4.74 Å². The molecule has 1 unspecified atom stereocenters. The third kappa shape index (κ3) is 4.30. The van der Waals surface area contributed by atoms with Crippen molar-refractivity contribution in [3.05, 3.63) is 33.3 Å². The van der Waals surface area contributed by atoms with Crippen molar-refractivity contribution < 1.29 is 13.7 Å². The van der Waals surface area contributed by atoms with Crippen molar-refractivity contribution in [1.82, 2.24) is 0 Å². The predicted octanol–water partition coefficient (Wildman–Crippen LogP) is 3.69. The quantitative estimate of drug-likeness (QED) is 0.708. The van der Waals surface area contributed by atoms with E-state index in [0.717, 1.165) is 22.9 Å². The van der Waals surface area contributed by atoms with Crippen molar-refractivity contribution in [3.63, 3.8) is 0 Å². The maximum atomic E-state index is 12.3. The lowest BCUT2D eigenvalue weighted by atomic mass is 10.1. The molecule has 1 aromatic rings. The second-order valence-corrected chi connectivity index (χ2v) is 8.00. The summed E-state index contributed by atoms with van der Waals surface area (Å²) in [5.74, 6) is 0.741. The molecule has 20 heavy (non-hydrogen) atoms. The molecule has 0 amide bonds. The van der Waals surface area contributed by atoms with Crippen molar-refractivity contribution in [2.45, 2.75) is 25.0 Å². The SMILES string of the molecule is COC(=O)CC1(CS(=O)Cc2ccc(Br)cc2Cl)CC1. The van der Waals surface area contributed by atoms with Gasteiger partial charge in [-0.15, -0.1) is 0 Å². The van der Waals surface area contributed by atoms with Crippen LogP contribution in [0, 0.1) is 5.41 Å². The van der Waals surface area contributed by atoms with Crippen LogP contribution >= 0.6 is 27.5 Å². The Labute approximate surface area is 134 Å². The lowest BCUT2D eigenvalue weighted by molar-refractivity contribution is -0.141. The van der Waals surface area contributed by atoms with Gasteiger partial charge in [0.25, 0.3) is 0 Å². The Morgan fingerprint density at radius 2 is 2.20 bits per heavy atom. The molecule has 0 saturated heterocycles. The van der Waals surface area contributed by atoms with Gasteiger partial charge in [-0.25, -0.2) is 0 Å². The molecule has 1 aliphatic carbocycles. The molecule has 1 atom stereocenters. The number of carbonyl (C=O) groups excluding carboxylic acids is 1. The Morgan fingerprint density at radius 1 is 1.50 bits per heavy atom. The standard InChI is InChI=1S/C14H16BrClO3S/c1-19-13(17)7-14(4-5-14)9-20(18)8-10-2-3-11(15)6-12(10)16/h2-3,6H,4-5,7-9H2,1H3. The summed E-state index contributed by atoms with van der Waals surface area (Å²) < 4.78 is 17.9. The molecule has 0 aromatic heterocycles. The van der Waals surface area contributed by atoms with Crippen LogP contribution in [0.25, 0.3) is 0 Å². The van der Waals surface area contributed by atoms with Crippen LogP contribution in [-0.2, 0) is 26.1 Å². The Kier molecular flexibility index (Phi) is 5.26. The van der Waals surface area contributed by atoms with E-state index in [2.05, 4.69) is 15.9 Å². The van der Waals surface area contributed by atoms with Crippen LogP contribution in [0.2, 0.25) is 5.02 Å². The van der Waals surface area contributed by atoms with Crippen LogP contribution in [-0.4, -0.2) is 23.0 Å². The zero-order chi connectivity index (χ0) is 14.8. The predicted molar refractivity (Wildman–Crippen MR) is 84.2 cm³/mol. The first-order valence-corrected chi connectivity index (χ1v) is 8.96. The summed E-state index contributed by atoms with van der Waals surface area (Å²) in [7, 11) is 0.365. The van der Waals surface area contributed by atoms with Gasteiger partial charge in [-0.3, -0.25) is 9.00 Å². The van der Waals surface area contributed by atoms with Crippen LogP contribution in [0.4, 0.5) is 0 Å². The monoisotopic (exact) mass is 378 g/mol. The van der Waals surface area contributed by atoms with Crippen molar-refractivity contribution in [1.29, 1.82) is 0 Å². The summed E-state index contributed by atoms with van der Waals surface area (Å²) in [6.07, 6.45) is 2.26. The Hall–Kier alpha value is -0.390. The fourth-order valence-corrected chi connectivity index (χ4v) is 4.73. The van der Waals surface area contributed by atoms with Crippen LogP contribution < -0.4 is 0 Å². The first kappa shape index (κ1) is 16.0. The highest BCUT2D eigenvalue weighted by molar-refractivity contribution is 9.10. The topological polar surface area (TPSA) is 43.4 Å². The molecule has 1 aromatic carbocycles. The summed E-state index contributed by atoms with van der Waals surface area (Å²) in [5.41, 5.74) is 0.766. The van der Waals surface area contributed by atoms with E-state index >= 15 is 0 Å². The van der Waals surface area contributed by atoms with Gasteiger partial charge in [-0.05, 0) is 36.0 Å². The second-order valence-electron chi connectivity index (χ2n) is 5.22. The summed E-state index contributed by atoms with van der Waals surface area (Å²) in [5, 5.41) is 0.616. The normalized spacial score (nSPS) is 17.6. The Morgan fingerprint density at radius 3 is 2.75 bits per heavy atom. The number of hydrogen-bond donors (Lipinski definition) is 0. The van der Waals surface area contributed by atoms with E-state index in [-0.39, 0.29) is 11.4 Å². The van der Waals surface area contributed by atoms with Crippen LogP contribution in [0.1, 0.15) is 24.8 Å². The molecule has 2 rings (SSSR count). The fourth-order valence-electron chi connectivity index (χ4n) is 2.13. The van der Waals surface area contributed by atoms with Gasteiger partial charge in [-0.2, -0.15) is 0 Å². The molecule has 1 fully saturated rings. The molecule has 0 heterocycles. The number of halogens is 2. The molecule has 110 valence electrons. The van der Waals surface area contributed by atoms with Gasteiger partial charge in [0.1, 0.15) is 0 Å². The first-order chi connectivity index (χ1) is 9.44. The van der Waals surface area contributed by atoms with Crippen LogP contribution in [0.15, 0.2) is 22.7 Å². The summed E-state index contributed by atoms with van der Waals surface area (Å²) >= 11 is 9.47. The molecule has 1 saturated carbocycles. The van der Waals surface area contributed by atoms with E-state index in [1.807, 2.05) is 12.1 Å². The molecule has 0 spiro atoms. The number of carbonyl (C=O) groups is 1. The largest absolute Gasteiger partial charge is 0.469 e. The van der Waals surface area contributed by atoms with Crippen molar-refractivity contribution in [2.24, 2.45) is 5.41 Å². The van der Waals surface area contributed by atoms with E-state index < -0.39 is 10.8 Å². The molecule has 3 nitrogen and oxygen atoms in total. The minimum Gasteiger partial charge on any atom is -0.469 e. The maximum Gasteiger partial charge on any atom is 0.306 e. The average molecular weight is 380 g/mol. The van der Waals surface area contributed by atoms with E-state index in [9.17, 15) is 9.00 Å². The Balaban J connectivity index is 1.94. The lowest BCUT2D eigenvalue weighted by Gasteiger charge is -2.13. The second kappa shape index (κ2) is 6.58. The molecule has 1 aliphatic rings. The van der Waals surface area contributed by atoms with E-state index in [0.29, 0.717) is 22.9 Å². The number of esters is 1. The van der Waals surface area contributed by atoms with Gasteiger partial charge in [0, 0.05) is 26.0 Å². The molecule has 0 radical (unpaired) electrons. The summed E-state index contributed by atoms with van der Waals surface area (Å²) in [6.45, 7) is 0. The lowest BCUT2D eigenvalue weighted by Crippen LogP contribution is -2.18. The number of ether oxygens (including phenoxy) is 1. The number of rotatable bonds is 6. The maximum absolute atomic E-state index is 12.3. The summed E-state index contributed by atoms with van der Waals surface area (Å²) in [4.78, 5) is 11.4. The zero-order valence-corrected chi connectivity index (χ0v) is 14.3. The first-order valence-electron chi connectivity index (χ1n) is 6.30. The van der Waals surface area contributed by atoms with Gasteiger partial charge in [-0.1, -0.05) is 33.6 Å². The summed E-state index contributed by atoms with van der Waals surface area (Å²) in [6, 6.07) is 5.57. The fraction of sp³-hybridized carbons (Fsp3) is 0.500. The highest BCUT2D eigenvalue weighted by Crippen LogP contribution is 2.49. The van der Waals surface area contributed by atoms with Gasteiger partial charge >= 0.3 is 5.97 Å². The van der Waals surface area contributed by atoms with Crippen LogP contribution in [0.3, 0.4) is 0 Å². The van der Waals surface area contributed by atoms with E-state index in [1.54, 1.807) is 6.07 Å². The minimum atomic E-state index is -1.02. The van der Waals surface area contributed by atoms with E-state index in [4.69, 9.17) is 16.3 Å². The number of methoxy groups -OCH3 is 1. The van der Waals surface area contributed by atoms with Gasteiger partial charge in [0.2, 0.25) is 0 Å². The third-order valence-electron chi connectivity index (χ3n) is 3.50. The molecule has 0 N–H and O–H groups in total. The number of hydrogen-bond acceptors (Lipinski definition) is 3. The molecule has 6 heteroatoms. The van der Waals surface area contributed by atoms with Crippen LogP contribution in [0.5, 0.6) is 0 Å². The Bertz CT molecular complexity index is 543. The zero-order valence-electron chi connectivity index (χ0n) is 11.2. The van der Waals surface area contributed by atoms with E-state index in [1.165, 1.54) is 7.11 Å². The minimum absolute atomic E-state index is 0.111. The highest BCUT2D eigenvalue weighted by atomic mass is 79.9. The van der Waals surface area contributed by atoms with Crippen molar-refractivity contribution in [2.75, 3.05) is 12.9 Å². The highest BCUT2D eigenvalue weighted by Gasteiger charge is 2.45. The van der Waals surface area contributed by atoms with Gasteiger partial charge in [0.15, 0.2) is 0 Å². The van der Waals surface area contributed by atoms with Crippen molar-refractivity contribution in [3.8, 4) is 0 Å².